The van der Waals surface area contributed by atoms with E-state index in [4.69, 9.17) is 4.74 Å². The summed E-state index contributed by atoms with van der Waals surface area (Å²) >= 11 is 0. The van der Waals surface area contributed by atoms with Gasteiger partial charge in [-0.3, -0.25) is 9.69 Å². The predicted octanol–water partition coefficient (Wildman–Crippen LogP) is 2.83. The Bertz CT molecular complexity index is 822. The van der Waals surface area contributed by atoms with Crippen LogP contribution in [0.5, 0.6) is 0 Å². The van der Waals surface area contributed by atoms with Crippen LogP contribution in [0.3, 0.4) is 0 Å². The van der Waals surface area contributed by atoms with Gasteiger partial charge in [-0.05, 0) is 23.8 Å². The van der Waals surface area contributed by atoms with Gasteiger partial charge in [0.15, 0.2) is 0 Å². The van der Waals surface area contributed by atoms with Gasteiger partial charge in [0.05, 0.1) is 6.61 Å². The summed E-state index contributed by atoms with van der Waals surface area (Å²) in [5.41, 5.74) is 1.29. The van der Waals surface area contributed by atoms with E-state index in [2.05, 4.69) is 4.90 Å². The Hall–Kier alpha value is -2.31. The molecule has 4 nitrogen and oxygen atoms in total. The molecule has 2 aliphatic heterocycles. The summed E-state index contributed by atoms with van der Waals surface area (Å²) in [5.74, 6) is -0.834. The first-order valence-corrected chi connectivity index (χ1v) is 9.09. The standard InChI is InChI=1S/C21H22F2N2O2/c22-18-6-7-19(23)17(8-18)10-24-12-21(13-24)14-25(20(26)11-27-15-21)9-16-4-2-1-3-5-16/h1-8H,9-15H2. The Kier molecular flexibility index (Phi) is 4.93. The van der Waals surface area contributed by atoms with Gasteiger partial charge in [0.2, 0.25) is 5.91 Å². The maximum absolute atomic E-state index is 13.9. The van der Waals surface area contributed by atoms with Crippen molar-refractivity contribution in [3.63, 3.8) is 0 Å². The van der Waals surface area contributed by atoms with Gasteiger partial charge in [0, 0.05) is 43.7 Å². The van der Waals surface area contributed by atoms with Crippen LogP contribution in [0.1, 0.15) is 11.1 Å². The molecule has 0 radical (unpaired) electrons. The second kappa shape index (κ2) is 7.37. The lowest BCUT2D eigenvalue weighted by molar-refractivity contribution is -0.134. The van der Waals surface area contributed by atoms with Gasteiger partial charge in [-0.1, -0.05) is 30.3 Å². The third kappa shape index (κ3) is 4.01. The number of benzene rings is 2. The molecule has 2 saturated heterocycles. The maximum atomic E-state index is 13.9. The van der Waals surface area contributed by atoms with E-state index < -0.39 is 11.6 Å². The second-order valence-electron chi connectivity index (χ2n) is 7.61. The third-order valence-corrected chi connectivity index (χ3v) is 5.25. The fraction of sp³-hybridized carbons (Fsp3) is 0.381. The highest BCUT2D eigenvalue weighted by molar-refractivity contribution is 5.77. The van der Waals surface area contributed by atoms with Crippen LogP contribution in [0.4, 0.5) is 8.78 Å². The Labute approximate surface area is 157 Å². The molecule has 2 fully saturated rings. The maximum Gasteiger partial charge on any atom is 0.248 e. The van der Waals surface area contributed by atoms with E-state index in [0.717, 1.165) is 17.7 Å². The normalized spacial score (nSPS) is 19.8. The SMILES string of the molecule is O=C1COCC2(CN(Cc3cc(F)ccc3F)C2)CN1Cc1ccccc1. The number of hydrogen-bond acceptors (Lipinski definition) is 3. The third-order valence-electron chi connectivity index (χ3n) is 5.25. The zero-order valence-electron chi connectivity index (χ0n) is 15.0. The fourth-order valence-electron chi connectivity index (χ4n) is 4.04. The molecule has 0 N–H and O–H groups in total. The van der Waals surface area contributed by atoms with E-state index in [1.54, 1.807) is 0 Å². The molecule has 2 aromatic rings. The monoisotopic (exact) mass is 372 g/mol. The molecule has 2 aromatic carbocycles. The Balaban J connectivity index is 1.41. The minimum atomic E-state index is -0.431. The average molecular weight is 372 g/mol. The molecule has 0 unspecified atom stereocenters. The van der Waals surface area contributed by atoms with Crippen molar-refractivity contribution in [2.45, 2.75) is 13.1 Å². The van der Waals surface area contributed by atoms with Gasteiger partial charge in [0.1, 0.15) is 18.2 Å². The smallest absolute Gasteiger partial charge is 0.248 e. The Morgan fingerprint density at radius 3 is 2.56 bits per heavy atom. The molecule has 27 heavy (non-hydrogen) atoms. The number of carbonyl (C=O) groups is 1. The van der Waals surface area contributed by atoms with Gasteiger partial charge in [-0.15, -0.1) is 0 Å². The van der Waals surface area contributed by atoms with Crippen LogP contribution >= 0.6 is 0 Å². The molecule has 0 saturated carbocycles. The van der Waals surface area contributed by atoms with Crippen LogP contribution in [-0.4, -0.2) is 48.6 Å². The molecule has 2 aliphatic rings. The van der Waals surface area contributed by atoms with Crippen LogP contribution in [0.25, 0.3) is 0 Å². The Morgan fingerprint density at radius 2 is 1.78 bits per heavy atom. The second-order valence-corrected chi connectivity index (χ2v) is 7.61. The van der Waals surface area contributed by atoms with Gasteiger partial charge >= 0.3 is 0 Å². The van der Waals surface area contributed by atoms with E-state index in [9.17, 15) is 13.6 Å². The predicted molar refractivity (Wildman–Crippen MR) is 96.7 cm³/mol. The summed E-state index contributed by atoms with van der Waals surface area (Å²) in [7, 11) is 0. The molecular weight excluding hydrogens is 350 g/mol. The van der Waals surface area contributed by atoms with Crippen LogP contribution in [0.2, 0.25) is 0 Å². The highest BCUT2D eigenvalue weighted by Gasteiger charge is 2.46. The number of hydrogen-bond donors (Lipinski definition) is 0. The molecule has 6 heteroatoms. The lowest BCUT2D eigenvalue weighted by Gasteiger charge is -2.50. The van der Waals surface area contributed by atoms with Crippen molar-refractivity contribution in [1.29, 1.82) is 0 Å². The number of nitrogens with zero attached hydrogens (tertiary/aromatic N) is 2. The minimum absolute atomic E-state index is 0.00893. The first kappa shape index (κ1) is 18.1. The lowest BCUT2D eigenvalue weighted by atomic mass is 9.79. The van der Waals surface area contributed by atoms with Gasteiger partial charge in [0.25, 0.3) is 0 Å². The number of ether oxygens (including phenoxy) is 1. The first-order chi connectivity index (χ1) is 13.0. The number of halogens is 2. The van der Waals surface area contributed by atoms with Crippen molar-refractivity contribution in [3.8, 4) is 0 Å². The van der Waals surface area contributed by atoms with Crippen molar-refractivity contribution in [2.24, 2.45) is 5.41 Å². The molecule has 0 atom stereocenters. The largest absolute Gasteiger partial charge is 0.371 e. The summed E-state index contributed by atoms with van der Waals surface area (Å²) < 4.78 is 32.9. The summed E-state index contributed by atoms with van der Waals surface area (Å²) in [6.45, 7) is 3.52. The van der Waals surface area contributed by atoms with E-state index in [1.807, 2.05) is 35.2 Å². The summed E-state index contributed by atoms with van der Waals surface area (Å²) in [5, 5.41) is 0. The van der Waals surface area contributed by atoms with Gasteiger partial charge < -0.3 is 9.64 Å². The molecule has 142 valence electrons. The molecule has 1 amide bonds. The number of likely N-dealkylation sites (tertiary alicyclic amines) is 1. The van der Waals surface area contributed by atoms with Crippen LogP contribution in [-0.2, 0) is 22.6 Å². The van der Waals surface area contributed by atoms with Crippen LogP contribution in [0.15, 0.2) is 48.5 Å². The minimum Gasteiger partial charge on any atom is -0.371 e. The summed E-state index contributed by atoms with van der Waals surface area (Å²) in [4.78, 5) is 16.3. The molecular formula is C21H22F2N2O2. The molecule has 0 aromatic heterocycles. The van der Waals surface area contributed by atoms with Gasteiger partial charge in [-0.25, -0.2) is 8.78 Å². The molecule has 0 bridgehead atoms. The van der Waals surface area contributed by atoms with E-state index in [1.165, 1.54) is 6.07 Å². The highest BCUT2D eigenvalue weighted by Crippen LogP contribution is 2.35. The Morgan fingerprint density at radius 1 is 1.00 bits per heavy atom. The number of rotatable bonds is 4. The van der Waals surface area contributed by atoms with Crippen molar-refractivity contribution in [3.05, 3.63) is 71.3 Å². The topological polar surface area (TPSA) is 32.8 Å². The van der Waals surface area contributed by atoms with Crippen LogP contribution in [0, 0.1) is 17.0 Å². The zero-order chi connectivity index (χ0) is 18.9. The van der Waals surface area contributed by atoms with Crippen molar-refractivity contribution in [1.82, 2.24) is 9.80 Å². The molecule has 4 rings (SSSR count). The molecule has 0 aliphatic carbocycles. The number of amides is 1. The molecule has 1 spiro atoms. The highest BCUT2D eigenvalue weighted by atomic mass is 19.1. The van der Waals surface area contributed by atoms with Crippen molar-refractivity contribution in [2.75, 3.05) is 32.8 Å². The van der Waals surface area contributed by atoms with Crippen LogP contribution < -0.4 is 0 Å². The fourth-order valence-corrected chi connectivity index (χ4v) is 4.04. The quantitative estimate of drug-likeness (QED) is 0.828. The van der Waals surface area contributed by atoms with E-state index >= 15 is 0 Å². The van der Waals surface area contributed by atoms with Crippen molar-refractivity contribution < 1.29 is 18.3 Å². The first-order valence-electron chi connectivity index (χ1n) is 9.09. The average Bonchev–Trinajstić information content (AvgIpc) is 2.78. The lowest BCUT2D eigenvalue weighted by Crippen LogP contribution is -2.61. The summed E-state index contributed by atoms with van der Waals surface area (Å²) in [6, 6.07) is 13.4. The number of carbonyl (C=O) groups excluding carboxylic acids is 1. The van der Waals surface area contributed by atoms with E-state index in [0.29, 0.717) is 44.9 Å². The van der Waals surface area contributed by atoms with E-state index in [-0.39, 0.29) is 17.9 Å². The van der Waals surface area contributed by atoms with Gasteiger partial charge in [-0.2, -0.15) is 0 Å². The zero-order valence-corrected chi connectivity index (χ0v) is 15.0. The van der Waals surface area contributed by atoms with Crippen molar-refractivity contribution >= 4 is 5.91 Å². The molecule has 2 heterocycles. The summed E-state index contributed by atoms with van der Waals surface area (Å²) in [6.07, 6.45) is 0.